The average Bonchev–Trinajstić information content (AvgIpc) is 3.43. The molecule has 12 heteroatoms. The molecule has 0 aromatic heterocycles. The molecule has 0 spiro atoms. The standard InChI is InChI=1S/C66H121O11P/c1-4-7-10-13-16-19-22-25-27-29-31-33-35-38-40-43-46-49-52-55-64(68)73-59-63(77-66(70)57-54-51-48-45-42-39-36-34-32-30-28-26-23-20-17-14-11-8-5-2)61-75-78(71,72)74-60-62(58-67)76-65(69)56-53-50-47-44-41-37-24-21-18-15-12-9-6-3/h16,19,21,24-28,62-63,67H,4-15,17-18,20,22-23,29-61H2,1-3H3,(H,71,72)/b19-16-,24-21-,27-25-,28-26-. The fourth-order valence-corrected chi connectivity index (χ4v) is 9.99. The first kappa shape index (κ1) is 75.4. The number of phosphoric ester groups is 1. The van der Waals surface area contributed by atoms with Gasteiger partial charge in [-0.25, -0.2) is 4.57 Å². The molecule has 0 heterocycles. The van der Waals surface area contributed by atoms with Crippen LogP contribution in [0.5, 0.6) is 0 Å². The quantitative estimate of drug-likeness (QED) is 0.0197. The van der Waals surface area contributed by atoms with E-state index in [2.05, 4.69) is 69.4 Å². The summed E-state index contributed by atoms with van der Waals surface area (Å²) in [6, 6.07) is 0. The highest BCUT2D eigenvalue weighted by molar-refractivity contribution is 7.47. The molecule has 3 unspecified atom stereocenters. The molecule has 0 aliphatic carbocycles. The summed E-state index contributed by atoms with van der Waals surface area (Å²) in [6.45, 7) is 4.64. The second kappa shape index (κ2) is 60.5. The number of esters is 3. The number of unbranched alkanes of at least 4 members (excludes halogenated alkanes) is 36. The van der Waals surface area contributed by atoms with Gasteiger partial charge < -0.3 is 24.2 Å². The van der Waals surface area contributed by atoms with Gasteiger partial charge in [-0.3, -0.25) is 23.4 Å². The number of allylic oxidation sites excluding steroid dienone is 8. The van der Waals surface area contributed by atoms with Gasteiger partial charge in [0.1, 0.15) is 12.7 Å². The molecular formula is C66H121O11P. The Morgan fingerprint density at radius 3 is 1.00 bits per heavy atom. The maximum atomic E-state index is 13.0. The van der Waals surface area contributed by atoms with Crippen molar-refractivity contribution < 1.29 is 52.2 Å². The van der Waals surface area contributed by atoms with Crippen LogP contribution in [0.2, 0.25) is 0 Å². The lowest BCUT2D eigenvalue weighted by Gasteiger charge is -2.21. The van der Waals surface area contributed by atoms with Gasteiger partial charge in [-0.1, -0.05) is 243 Å². The maximum Gasteiger partial charge on any atom is 0.472 e. The number of phosphoric acid groups is 1. The second-order valence-corrected chi connectivity index (χ2v) is 23.4. The SMILES string of the molecule is CCCCC/C=C\C/C=C\CCCCCCCCCCCC(=O)OCC(COP(=O)(O)OCC(CO)OC(=O)CCCCCCC/C=C\CCCCCC)OC(=O)CCCCCCCCCCC/C=C\CCCCCCCC. The number of ether oxygens (including phenoxy) is 3. The molecule has 456 valence electrons. The van der Waals surface area contributed by atoms with E-state index in [4.69, 9.17) is 23.3 Å². The van der Waals surface area contributed by atoms with Gasteiger partial charge in [-0.05, 0) is 103 Å². The van der Waals surface area contributed by atoms with Gasteiger partial charge in [-0.2, -0.15) is 0 Å². The topological polar surface area (TPSA) is 155 Å². The van der Waals surface area contributed by atoms with Crippen LogP contribution in [-0.2, 0) is 42.2 Å². The van der Waals surface area contributed by atoms with E-state index in [1.54, 1.807) is 0 Å². The lowest BCUT2D eigenvalue weighted by Crippen LogP contribution is -2.30. The summed E-state index contributed by atoms with van der Waals surface area (Å²) in [5, 5.41) is 9.84. The lowest BCUT2D eigenvalue weighted by molar-refractivity contribution is -0.161. The average molecular weight is 1120 g/mol. The van der Waals surface area contributed by atoms with Crippen LogP contribution >= 0.6 is 7.82 Å². The van der Waals surface area contributed by atoms with Gasteiger partial charge in [-0.15, -0.1) is 0 Å². The Hall–Kier alpha value is -2.56. The normalized spacial score (nSPS) is 13.6. The van der Waals surface area contributed by atoms with Gasteiger partial charge in [0.05, 0.1) is 19.8 Å². The zero-order chi connectivity index (χ0) is 56.9. The molecule has 0 fully saturated rings. The number of aliphatic hydroxyl groups is 1. The van der Waals surface area contributed by atoms with Crippen LogP contribution in [-0.4, -0.2) is 66.5 Å². The number of hydrogen-bond acceptors (Lipinski definition) is 10. The fourth-order valence-electron chi connectivity index (χ4n) is 9.20. The smallest absolute Gasteiger partial charge is 0.462 e. The van der Waals surface area contributed by atoms with Crippen LogP contribution in [0.25, 0.3) is 0 Å². The summed E-state index contributed by atoms with van der Waals surface area (Å²) in [4.78, 5) is 48.7. The molecule has 2 N–H and O–H groups in total. The highest BCUT2D eigenvalue weighted by atomic mass is 31.2. The predicted molar refractivity (Wildman–Crippen MR) is 325 cm³/mol. The molecule has 0 saturated heterocycles. The van der Waals surface area contributed by atoms with Crippen molar-refractivity contribution in [2.75, 3.05) is 26.4 Å². The van der Waals surface area contributed by atoms with E-state index in [-0.39, 0.29) is 25.9 Å². The molecule has 0 amide bonds. The summed E-state index contributed by atoms with van der Waals surface area (Å²) in [5.41, 5.74) is 0. The Balaban J connectivity index is 4.69. The minimum absolute atomic E-state index is 0.166. The second-order valence-electron chi connectivity index (χ2n) is 21.9. The van der Waals surface area contributed by atoms with Crippen LogP contribution in [0.15, 0.2) is 48.6 Å². The monoisotopic (exact) mass is 1120 g/mol. The van der Waals surface area contributed by atoms with Crippen molar-refractivity contribution in [3.63, 3.8) is 0 Å². The Morgan fingerprint density at radius 2 is 0.628 bits per heavy atom. The number of rotatable bonds is 61. The largest absolute Gasteiger partial charge is 0.472 e. The van der Waals surface area contributed by atoms with Crippen molar-refractivity contribution in [3.05, 3.63) is 48.6 Å². The molecule has 0 radical (unpaired) electrons. The van der Waals surface area contributed by atoms with E-state index >= 15 is 0 Å². The molecule has 78 heavy (non-hydrogen) atoms. The lowest BCUT2D eigenvalue weighted by atomic mass is 10.1. The predicted octanol–water partition coefficient (Wildman–Crippen LogP) is 19.7. The molecule has 0 aromatic carbocycles. The van der Waals surface area contributed by atoms with Crippen molar-refractivity contribution in [1.29, 1.82) is 0 Å². The molecule has 0 bridgehead atoms. The third-order valence-electron chi connectivity index (χ3n) is 14.2. The molecular weight excluding hydrogens is 1000 g/mol. The molecule has 0 rings (SSSR count). The van der Waals surface area contributed by atoms with Gasteiger partial charge in [0.2, 0.25) is 0 Å². The minimum atomic E-state index is -4.75. The summed E-state index contributed by atoms with van der Waals surface area (Å²) < 4.78 is 39.7. The van der Waals surface area contributed by atoms with E-state index < -0.39 is 57.8 Å². The van der Waals surface area contributed by atoms with Crippen LogP contribution in [0, 0.1) is 0 Å². The summed E-state index contributed by atoms with van der Waals surface area (Å²) in [5.74, 6) is -1.46. The third-order valence-corrected chi connectivity index (χ3v) is 15.1. The van der Waals surface area contributed by atoms with Crippen molar-refractivity contribution >= 4 is 25.7 Å². The van der Waals surface area contributed by atoms with Crippen LogP contribution < -0.4 is 0 Å². The van der Waals surface area contributed by atoms with E-state index in [0.717, 1.165) is 89.9 Å². The molecule has 0 aliphatic heterocycles. The van der Waals surface area contributed by atoms with E-state index in [0.29, 0.717) is 19.3 Å². The highest BCUT2D eigenvalue weighted by Gasteiger charge is 2.28. The Kier molecular flexibility index (Phi) is 58.5. The number of hydrogen-bond donors (Lipinski definition) is 2. The Labute approximate surface area is 479 Å². The molecule has 0 aliphatic rings. The van der Waals surface area contributed by atoms with Gasteiger partial charge in [0.25, 0.3) is 0 Å². The van der Waals surface area contributed by atoms with Crippen LogP contribution in [0.1, 0.15) is 316 Å². The van der Waals surface area contributed by atoms with E-state index in [9.17, 15) is 28.9 Å². The Morgan fingerprint density at radius 1 is 0.359 bits per heavy atom. The molecule has 3 atom stereocenters. The zero-order valence-electron chi connectivity index (χ0n) is 50.6. The first-order valence-electron chi connectivity index (χ1n) is 32.5. The molecule has 0 aromatic rings. The maximum absolute atomic E-state index is 13.0. The van der Waals surface area contributed by atoms with Gasteiger partial charge >= 0.3 is 25.7 Å². The first-order valence-corrected chi connectivity index (χ1v) is 34.0. The zero-order valence-corrected chi connectivity index (χ0v) is 51.5. The first-order chi connectivity index (χ1) is 38.2. The number of carbonyl (C=O) groups is 3. The van der Waals surface area contributed by atoms with E-state index in [1.165, 1.54) is 167 Å². The molecule has 0 saturated carbocycles. The number of aliphatic hydroxyl groups excluding tert-OH is 1. The van der Waals surface area contributed by atoms with Gasteiger partial charge in [0.15, 0.2) is 6.10 Å². The van der Waals surface area contributed by atoms with Gasteiger partial charge in [0, 0.05) is 19.3 Å². The summed E-state index contributed by atoms with van der Waals surface area (Å²) in [6.07, 6.45) is 66.3. The van der Waals surface area contributed by atoms with Crippen molar-refractivity contribution in [3.8, 4) is 0 Å². The van der Waals surface area contributed by atoms with Crippen molar-refractivity contribution in [2.45, 2.75) is 328 Å². The molecule has 11 nitrogen and oxygen atoms in total. The van der Waals surface area contributed by atoms with E-state index in [1.807, 2.05) is 0 Å². The third kappa shape index (κ3) is 58.1. The van der Waals surface area contributed by atoms with Crippen LogP contribution in [0.4, 0.5) is 0 Å². The minimum Gasteiger partial charge on any atom is -0.462 e. The van der Waals surface area contributed by atoms with Crippen molar-refractivity contribution in [1.82, 2.24) is 0 Å². The Bertz CT molecular complexity index is 1490. The summed E-state index contributed by atoms with van der Waals surface area (Å²) >= 11 is 0. The fraction of sp³-hybridized carbons (Fsp3) is 0.833. The van der Waals surface area contributed by atoms with Crippen molar-refractivity contribution in [2.24, 2.45) is 0 Å². The van der Waals surface area contributed by atoms with Crippen LogP contribution in [0.3, 0.4) is 0 Å². The number of carbonyl (C=O) groups excluding carboxylic acids is 3. The highest BCUT2D eigenvalue weighted by Crippen LogP contribution is 2.43. The summed E-state index contributed by atoms with van der Waals surface area (Å²) in [7, 11) is -4.75.